The second kappa shape index (κ2) is 9.81. The van der Waals surface area contributed by atoms with E-state index < -0.39 is 11.6 Å². The highest BCUT2D eigenvalue weighted by Gasteiger charge is 2.31. The predicted octanol–water partition coefficient (Wildman–Crippen LogP) is 5.76. The zero-order chi connectivity index (χ0) is 23.6. The largest absolute Gasteiger partial charge is 0.481 e. The monoisotopic (exact) mass is 496 g/mol. The number of carbonyl (C=O) groups excluding carboxylic acids is 1. The molecule has 32 heavy (non-hydrogen) atoms. The first-order chi connectivity index (χ1) is 14.9. The Hall–Kier alpha value is -2.09. The maximum Gasteiger partial charge on any atom is 0.304 e. The van der Waals surface area contributed by atoms with Gasteiger partial charge in [-0.25, -0.2) is 4.99 Å². The van der Waals surface area contributed by atoms with Crippen molar-refractivity contribution in [3.63, 3.8) is 0 Å². The maximum atomic E-state index is 12.6. The fraction of sp³-hybridized carbons (Fsp3) is 0.435. The molecular formula is C23H26Cl2N2O4S. The van der Waals surface area contributed by atoms with Gasteiger partial charge >= 0.3 is 5.97 Å². The van der Waals surface area contributed by atoms with Gasteiger partial charge in [0.25, 0.3) is 0 Å². The summed E-state index contributed by atoms with van der Waals surface area (Å²) in [4.78, 5) is 29.9. The molecule has 2 heterocycles. The summed E-state index contributed by atoms with van der Waals surface area (Å²) >= 11 is 14.2. The SMILES string of the molecule is CC(CC(=O)O)C(=NC1CN(C(=O)C=Cc2cc3ccsc3c(Cl)c2Cl)C1)OC(C)(C)C. The quantitative estimate of drug-likeness (QED) is 0.313. The molecule has 1 aliphatic rings. The van der Waals surface area contributed by atoms with E-state index in [9.17, 15) is 9.59 Å². The van der Waals surface area contributed by atoms with Crippen LogP contribution in [0.25, 0.3) is 16.2 Å². The van der Waals surface area contributed by atoms with E-state index in [1.54, 1.807) is 17.9 Å². The molecule has 0 radical (unpaired) electrons. The summed E-state index contributed by atoms with van der Waals surface area (Å²) in [6.07, 6.45) is 3.09. The molecule has 172 valence electrons. The fourth-order valence-electron chi connectivity index (χ4n) is 3.27. The molecule has 0 aliphatic carbocycles. The number of thiophene rings is 1. The molecule has 2 aromatic rings. The van der Waals surface area contributed by atoms with Crippen molar-refractivity contribution in [2.24, 2.45) is 10.9 Å². The molecule has 9 heteroatoms. The molecule has 1 aliphatic heterocycles. The van der Waals surface area contributed by atoms with Crippen molar-refractivity contribution in [3.05, 3.63) is 39.2 Å². The lowest BCUT2D eigenvalue weighted by molar-refractivity contribution is -0.137. The first-order valence-corrected chi connectivity index (χ1v) is 11.9. The second-order valence-electron chi connectivity index (χ2n) is 8.84. The van der Waals surface area contributed by atoms with Gasteiger partial charge in [0.05, 0.1) is 27.2 Å². The minimum atomic E-state index is -0.905. The van der Waals surface area contributed by atoms with Gasteiger partial charge < -0.3 is 14.7 Å². The Labute approximate surface area is 201 Å². The molecule has 1 N–H and O–H groups in total. The smallest absolute Gasteiger partial charge is 0.304 e. The third-order valence-corrected chi connectivity index (χ3v) is 6.80. The number of aliphatic carboxylic acids is 1. The van der Waals surface area contributed by atoms with E-state index in [1.807, 2.05) is 38.3 Å². The number of rotatable bonds is 6. The van der Waals surface area contributed by atoms with Crippen LogP contribution in [0.4, 0.5) is 0 Å². The Balaban J connectivity index is 1.65. The van der Waals surface area contributed by atoms with E-state index in [0.717, 1.165) is 10.1 Å². The van der Waals surface area contributed by atoms with Gasteiger partial charge in [-0.2, -0.15) is 0 Å². The van der Waals surface area contributed by atoms with E-state index in [1.165, 1.54) is 17.4 Å². The molecule has 1 amide bonds. The van der Waals surface area contributed by atoms with Crippen LogP contribution >= 0.6 is 34.5 Å². The van der Waals surface area contributed by atoms with Crippen molar-refractivity contribution >= 4 is 68.5 Å². The average Bonchev–Trinajstić information content (AvgIpc) is 3.12. The highest BCUT2D eigenvalue weighted by Crippen LogP contribution is 2.37. The van der Waals surface area contributed by atoms with Crippen molar-refractivity contribution in [2.75, 3.05) is 13.1 Å². The second-order valence-corrected chi connectivity index (χ2v) is 10.5. The van der Waals surface area contributed by atoms with Crippen LogP contribution in [0.3, 0.4) is 0 Å². The number of carboxylic acid groups (broad SMARTS) is 1. The molecule has 1 saturated heterocycles. The summed E-state index contributed by atoms with van der Waals surface area (Å²) in [6.45, 7) is 8.34. The Morgan fingerprint density at radius 1 is 1.34 bits per heavy atom. The van der Waals surface area contributed by atoms with E-state index in [0.29, 0.717) is 34.6 Å². The molecule has 6 nitrogen and oxygen atoms in total. The van der Waals surface area contributed by atoms with E-state index in [-0.39, 0.29) is 24.3 Å². The third-order valence-electron chi connectivity index (χ3n) is 4.85. The van der Waals surface area contributed by atoms with Gasteiger partial charge in [-0.15, -0.1) is 11.3 Å². The molecule has 0 spiro atoms. The first kappa shape index (κ1) is 24.6. The topological polar surface area (TPSA) is 79.2 Å². The summed E-state index contributed by atoms with van der Waals surface area (Å²) in [5.41, 5.74) is 0.201. The maximum absolute atomic E-state index is 12.6. The number of aliphatic imine (C=N–C) groups is 1. The molecule has 3 rings (SSSR count). The van der Waals surface area contributed by atoms with Gasteiger partial charge in [0, 0.05) is 25.1 Å². The van der Waals surface area contributed by atoms with Crippen LogP contribution in [0.1, 0.15) is 39.7 Å². The minimum absolute atomic E-state index is 0.0647. The standard InChI is InChI=1S/C23H26Cl2N2O4S/c1-13(9-18(29)30)22(31-23(2,3)4)26-16-11-27(12-16)17(28)6-5-14-10-15-7-8-32-21(15)20(25)19(14)24/h5-8,10,13,16H,9,11-12H2,1-4H3,(H,29,30). The number of nitrogens with zero attached hydrogens (tertiary/aromatic N) is 2. The van der Waals surface area contributed by atoms with E-state index in [2.05, 4.69) is 4.99 Å². The molecule has 1 aromatic heterocycles. The average molecular weight is 497 g/mol. The number of likely N-dealkylation sites (tertiary alicyclic amines) is 1. The summed E-state index contributed by atoms with van der Waals surface area (Å²) in [6, 6.07) is 3.75. The number of carbonyl (C=O) groups is 2. The van der Waals surface area contributed by atoms with Crippen molar-refractivity contribution in [1.29, 1.82) is 0 Å². The van der Waals surface area contributed by atoms with Gasteiger partial charge in [-0.3, -0.25) is 9.59 Å². The molecular weight excluding hydrogens is 471 g/mol. The molecule has 1 aromatic carbocycles. The summed E-state index contributed by atoms with van der Waals surface area (Å²) in [7, 11) is 0. The van der Waals surface area contributed by atoms with Crippen molar-refractivity contribution in [1.82, 2.24) is 4.90 Å². The number of halogens is 2. The van der Waals surface area contributed by atoms with Crippen molar-refractivity contribution in [3.8, 4) is 0 Å². The lowest BCUT2D eigenvalue weighted by atomic mass is 10.1. The number of hydrogen-bond donors (Lipinski definition) is 1. The molecule has 0 saturated carbocycles. The van der Waals surface area contributed by atoms with Gasteiger partial charge in [-0.05, 0) is 55.3 Å². The lowest BCUT2D eigenvalue weighted by Crippen LogP contribution is -2.52. The fourth-order valence-corrected chi connectivity index (χ4v) is 4.71. The number of benzene rings is 1. The number of hydrogen-bond acceptors (Lipinski definition) is 5. The zero-order valence-corrected chi connectivity index (χ0v) is 20.7. The van der Waals surface area contributed by atoms with Crippen molar-refractivity contribution in [2.45, 2.75) is 45.8 Å². The Bertz CT molecular complexity index is 1080. The van der Waals surface area contributed by atoms with Crippen molar-refractivity contribution < 1.29 is 19.4 Å². The van der Waals surface area contributed by atoms with Crippen LogP contribution in [-0.2, 0) is 14.3 Å². The first-order valence-electron chi connectivity index (χ1n) is 10.3. The normalized spacial score (nSPS) is 16.4. The minimum Gasteiger partial charge on any atom is -0.481 e. The van der Waals surface area contributed by atoms with Crippen LogP contribution in [-0.4, -0.2) is 52.5 Å². The number of fused-ring (bicyclic) bond motifs is 1. The van der Waals surface area contributed by atoms with Crippen LogP contribution in [0, 0.1) is 5.92 Å². The zero-order valence-electron chi connectivity index (χ0n) is 18.4. The summed E-state index contributed by atoms with van der Waals surface area (Å²) in [5.74, 6) is -0.989. The molecule has 1 atom stereocenters. The Kier molecular flexibility index (Phi) is 7.53. The van der Waals surface area contributed by atoms with Gasteiger partial charge in [0.1, 0.15) is 5.60 Å². The highest BCUT2D eigenvalue weighted by molar-refractivity contribution is 7.18. The van der Waals surface area contributed by atoms with Gasteiger partial charge in [0.15, 0.2) is 5.90 Å². The molecule has 1 fully saturated rings. The predicted molar refractivity (Wildman–Crippen MR) is 131 cm³/mol. The van der Waals surface area contributed by atoms with Crippen LogP contribution in [0.5, 0.6) is 0 Å². The lowest BCUT2D eigenvalue weighted by Gasteiger charge is -2.37. The molecule has 1 unspecified atom stereocenters. The van der Waals surface area contributed by atoms with Crippen LogP contribution in [0.15, 0.2) is 28.6 Å². The molecule has 0 bridgehead atoms. The van der Waals surface area contributed by atoms with Crippen LogP contribution in [0.2, 0.25) is 10.0 Å². The van der Waals surface area contributed by atoms with Crippen LogP contribution < -0.4 is 0 Å². The van der Waals surface area contributed by atoms with Gasteiger partial charge in [0.2, 0.25) is 5.91 Å². The third kappa shape index (κ3) is 6.03. The summed E-state index contributed by atoms with van der Waals surface area (Å²) in [5, 5.41) is 12.9. The Morgan fingerprint density at radius 2 is 2.03 bits per heavy atom. The van der Waals surface area contributed by atoms with Gasteiger partial charge in [-0.1, -0.05) is 30.1 Å². The highest BCUT2D eigenvalue weighted by atomic mass is 35.5. The van der Waals surface area contributed by atoms with E-state index >= 15 is 0 Å². The van der Waals surface area contributed by atoms with E-state index in [4.69, 9.17) is 33.0 Å². The number of carboxylic acids is 1. The Morgan fingerprint density at radius 3 is 2.66 bits per heavy atom. The number of amides is 1. The summed E-state index contributed by atoms with van der Waals surface area (Å²) < 4.78 is 6.83. The number of ether oxygens (including phenoxy) is 1.